The first-order valence-corrected chi connectivity index (χ1v) is 5.49. The largest absolute Gasteiger partial charge is 0.312 e. The van der Waals surface area contributed by atoms with Gasteiger partial charge in [0.05, 0.1) is 11.4 Å². The maximum absolute atomic E-state index is 4.61. The van der Waals surface area contributed by atoms with E-state index in [0.29, 0.717) is 0 Å². The van der Waals surface area contributed by atoms with Crippen LogP contribution < -0.4 is 10.7 Å². The minimum absolute atomic E-state index is 0. The fraction of sp³-hybridized carbons (Fsp3) is 0.364. The van der Waals surface area contributed by atoms with Crippen molar-refractivity contribution in [2.75, 3.05) is 13.6 Å². The van der Waals surface area contributed by atoms with Crippen LogP contribution in [0.2, 0.25) is 0 Å². The summed E-state index contributed by atoms with van der Waals surface area (Å²) in [5.41, 5.74) is 6.67. The zero-order valence-corrected chi connectivity index (χ0v) is 11.7. The molecule has 0 fully saturated rings. The number of allylic oxidation sites excluding steroid dienone is 2. The fourth-order valence-corrected chi connectivity index (χ4v) is 2.02. The summed E-state index contributed by atoms with van der Waals surface area (Å²) in [6.45, 7) is 1.96. The van der Waals surface area contributed by atoms with Gasteiger partial charge in [0.25, 0.3) is 0 Å². The van der Waals surface area contributed by atoms with Crippen molar-refractivity contribution in [2.45, 2.75) is 13.0 Å². The van der Waals surface area contributed by atoms with Gasteiger partial charge in [0.1, 0.15) is 0 Å². The van der Waals surface area contributed by atoms with Gasteiger partial charge >= 0.3 is 0 Å². The van der Waals surface area contributed by atoms with E-state index in [1.54, 1.807) is 0 Å². The molecule has 0 amide bonds. The van der Waals surface area contributed by atoms with Crippen molar-refractivity contribution in [2.24, 2.45) is 0 Å². The Balaban J connectivity index is 0.000000810. The monoisotopic (exact) mass is 289 g/mol. The van der Waals surface area contributed by atoms with Crippen molar-refractivity contribution in [1.82, 2.24) is 25.5 Å². The predicted molar refractivity (Wildman–Crippen MR) is 76.4 cm³/mol. The molecule has 18 heavy (non-hydrogen) atoms. The number of nitrogens with one attached hydrogen (secondary N) is 2. The highest BCUT2D eigenvalue weighted by Gasteiger charge is 2.14. The van der Waals surface area contributed by atoms with Gasteiger partial charge in [-0.25, -0.2) is 4.68 Å². The number of halogens is 2. The van der Waals surface area contributed by atoms with Crippen LogP contribution in [0.4, 0.5) is 0 Å². The maximum Gasteiger partial charge on any atom is 0.0838 e. The zero-order valence-electron chi connectivity index (χ0n) is 10.1. The lowest BCUT2D eigenvalue weighted by Crippen LogP contribution is -2.27. The van der Waals surface area contributed by atoms with E-state index in [0.717, 1.165) is 25.2 Å². The van der Waals surface area contributed by atoms with Crippen molar-refractivity contribution >= 4 is 30.5 Å². The number of rotatable bonds is 1. The summed E-state index contributed by atoms with van der Waals surface area (Å²) in [5.74, 6) is 0. The Kier molecular flexibility index (Phi) is 5.07. The van der Waals surface area contributed by atoms with Gasteiger partial charge in [-0.1, -0.05) is 0 Å². The van der Waals surface area contributed by atoms with Gasteiger partial charge in [-0.3, -0.25) is 5.01 Å². The molecule has 3 rings (SSSR count). The average molecular weight is 290 g/mol. The topological polar surface area (TPSA) is 45.1 Å². The summed E-state index contributed by atoms with van der Waals surface area (Å²) in [4.78, 5) is 0. The van der Waals surface area contributed by atoms with E-state index < -0.39 is 0 Å². The summed E-state index contributed by atoms with van der Waals surface area (Å²) in [5, 5.41) is 9.87. The smallest absolute Gasteiger partial charge is 0.0838 e. The quantitative estimate of drug-likeness (QED) is 0.814. The fourth-order valence-electron chi connectivity index (χ4n) is 2.02. The SMILES string of the molecule is CN1C=C(n2cc3c(n2)CCNC3)C=CN1.Cl.Cl. The number of hydrogen-bond acceptors (Lipinski definition) is 4. The summed E-state index contributed by atoms with van der Waals surface area (Å²) in [6, 6.07) is 0. The molecule has 1 aromatic heterocycles. The lowest BCUT2D eigenvalue weighted by Gasteiger charge is -2.19. The van der Waals surface area contributed by atoms with Crippen LogP contribution in [0.3, 0.4) is 0 Å². The second-order valence-electron chi connectivity index (χ2n) is 4.10. The van der Waals surface area contributed by atoms with E-state index in [1.165, 1.54) is 11.3 Å². The van der Waals surface area contributed by atoms with Gasteiger partial charge in [0, 0.05) is 50.7 Å². The normalized spacial score (nSPS) is 16.9. The molecule has 0 saturated heterocycles. The van der Waals surface area contributed by atoms with Crippen molar-refractivity contribution in [3.05, 3.63) is 35.9 Å². The second-order valence-corrected chi connectivity index (χ2v) is 4.10. The third-order valence-electron chi connectivity index (χ3n) is 2.85. The lowest BCUT2D eigenvalue weighted by molar-refractivity contribution is 0.382. The minimum Gasteiger partial charge on any atom is -0.312 e. The summed E-state index contributed by atoms with van der Waals surface area (Å²) in [6.07, 6.45) is 9.08. The number of hydrogen-bond donors (Lipinski definition) is 2. The zero-order chi connectivity index (χ0) is 11.0. The van der Waals surface area contributed by atoms with Crippen molar-refractivity contribution < 1.29 is 0 Å². The molecular weight excluding hydrogens is 273 g/mol. The molecule has 2 N–H and O–H groups in total. The first-order valence-electron chi connectivity index (χ1n) is 5.49. The first kappa shape index (κ1) is 14.9. The van der Waals surface area contributed by atoms with E-state index in [2.05, 4.69) is 22.0 Å². The van der Waals surface area contributed by atoms with Gasteiger partial charge in [-0.05, 0) is 6.08 Å². The van der Waals surface area contributed by atoms with Crippen LogP contribution in [0.1, 0.15) is 11.3 Å². The third-order valence-corrected chi connectivity index (χ3v) is 2.85. The molecule has 0 unspecified atom stereocenters. The van der Waals surface area contributed by atoms with Crippen LogP contribution in [-0.2, 0) is 13.0 Å². The number of aromatic nitrogens is 2. The van der Waals surface area contributed by atoms with Crippen molar-refractivity contribution in [1.29, 1.82) is 0 Å². The molecule has 7 heteroatoms. The van der Waals surface area contributed by atoms with E-state index >= 15 is 0 Å². The van der Waals surface area contributed by atoms with Crippen LogP contribution in [0.5, 0.6) is 0 Å². The summed E-state index contributed by atoms with van der Waals surface area (Å²) < 4.78 is 1.95. The predicted octanol–water partition coefficient (Wildman–Crippen LogP) is 1.13. The standard InChI is InChI=1S/C11H15N5.2ClH/c1-15-8-10(2-5-13-15)16-7-9-6-12-4-3-11(9)14-16;;/h2,5,7-8,12-13H,3-4,6H2,1H3;2*1H. The molecule has 0 spiro atoms. The van der Waals surface area contributed by atoms with Gasteiger partial charge < -0.3 is 10.7 Å². The number of fused-ring (bicyclic) bond motifs is 1. The second kappa shape index (κ2) is 6.13. The third kappa shape index (κ3) is 2.80. The van der Waals surface area contributed by atoms with Crippen molar-refractivity contribution in [3.8, 4) is 0 Å². The maximum atomic E-state index is 4.61. The highest BCUT2D eigenvalue weighted by atomic mass is 35.5. The summed E-state index contributed by atoms with van der Waals surface area (Å²) >= 11 is 0. The van der Waals surface area contributed by atoms with Crippen LogP contribution in [0.15, 0.2) is 24.7 Å². The molecule has 2 aliphatic rings. The Morgan fingerprint density at radius 3 is 2.89 bits per heavy atom. The Hall–Kier alpha value is -1.17. The van der Waals surface area contributed by atoms with E-state index in [1.807, 2.05) is 35.2 Å². The average Bonchev–Trinajstić information content (AvgIpc) is 2.72. The molecule has 5 nitrogen and oxygen atoms in total. The Bertz CT molecular complexity index is 442. The van der Waals surface area contributed by atoms with Gasteiger partial charge in [-0.2, -0.15) is 5.10 Å². The molecule has 1 aromatic rings. The molecule has 0 radical (unpaired) electrons. The van der Waals surface area contributed by atoms with E-state index in [4.69, 9.17) is 0 Å². The van der Waals surface area contributed by atoms with E-state index in [9.17, 15) is 0 Å². The highest BCUT2D eigenvalue weighted by molar-refractivity contribution is 5.85. The highest BCUT2D eigenvalue weighted by Crippen LogP contribution is 2.16. The molecule has 0 bridgehead atoms. The molecule has 0 saturated carbocycles. The molecule has 2 aliphatic heterocycles. The minimum atomic E-state index is 0. The van der Waals surface area contributed by atoms with Gasteiger partial charge in [-0.15, -0.1) is 24.8 Å². The molecule has 0 aliphatic carbocycles. The first-order chi connectivity index (χ1) is 7.83. The van der Waals surface area contributed by atoms with Gasteiger partial charge in [0.15, 0.2) is 0 Å². The van der Waals surface area contributed by atoms with Crippen LogP contribution in [0.25, 0.3) is 5.70 Å². The molecular formula is C11H17Cl2N5. The number of nitrogens with zero attached hydrogens (tertiary/aromatic N) is 3. The Labute approximate surface area is 119 Å². The van der Waals surface area contributed by atoms with Crippen LogP contribution >= 0.6 is 24.8 Å². The Morgan fingerprint density at radius 2 is 2.17 bits per heavy atom. The van der Waals surface area contributed by atoms with E-state index in [-0.39, 0.29) is 24.8 Å². The lowest BCUT2D eigenvalue weighted by atomic mass is 10.1. The number of hydrazine groups is 1. The van der Waals surface area contributed by atoms with Crippen molar-refractivity contribution in [3.63, 3.8) is 0 Å². The summed E-state index contributed by atoms with van der Waals surface area (Å²) in [7, 11) is 1.97. The molecule has 100 valence electrons. The Morgan fingerprint density at radius 1 is 1.33 bits per heavy atom. The molecule has 3 heterocycles. The molecule has 0 atom stereocenters. The van der Waals surface area contributed by atoms with Gasteiger partial charge in [0.2, 0.25) is 0 Å². The molecule has 0 aromatic carbocycles. The van der Waals surface area contributed by atoms with Crippen LogP contribution in [-0.4, -0.2) is 28.4 Å². The van der Waals surface area contributed by atoms with Crippen LogP contribution in [0, 0.1) is 0 Å².